The molecule has 0 radical (unpaired) electrons. The van der Waals surface area contributed by atoms with E-state index < -0.39 is 5.60 Å². The molecule has 1 fully saturated rings. The van der Waals surface area contributed by atoms with E-state index in [1.165, 1.54) is 0 Å². The molecule has 4 nitrogen and oxygen atoms in total. The second kappa shape index (κ2) is 7.05. The van der Waals surface area contributed by atoms with Crippen LogP contribution in [0, 0.1) is 0 Å². The van der Waals surface area contributed by atoms with Crippen LogP contribution in [0.2, 0.25) is 0 Å². The quantitative estimate of drug-likeness (QED) is 0.921. The summed E-state index contributed by atoms with van der Waals surface area (Å²) < 4.78 is 0. The first kappa shape index (κ1) is 16.0. The molecule has 21 heavy (non-hydrogen) atoms. The fourth-order valence-electron chi connectivity index (χ4n) is 2.73. The van der Waals surface area contributed by atoms with Crippen molar-refractivity contribution in [3.8, 4) is 0 Å². The maximum absolute atomic E-state index is 12.3. The zero-order valence-electron chi connectivity index (χ0n) is 13.1. The fourth-order valence-corrected chi connectivity index (χ4v) is 2.73. The van der Waals surface area contributed by atoms with Gasteiger partial charge in [-0.05, 0) is 38.3 Å². The molecule has 1 aliphatic rings. The number of amides is 1. The third-order valence-electron chi connectivity index (χ3n) is 4.20. The first-order valence-corrected chi connectivity index (χ1v) is 7.69. The van der Waals surface area contributed by atoms with E-state index in [0.717, 1.165) is 37.9 Å². The van der Waals surface area contributed by atoms with Crippen LogP contribution in [0.5, 0.6) is 0 Å². The highest BCUT2D eigenvalue weighted by Crippen LogP contribution is 2.21. The summed E-state index contributed by atoms with van der Waals surface area (Å²) in [5.74, 6) is 0.139. The summed E-state index contributed by atoms with van der Waals surface area (Å²) >= 11 is 0. The highest BCUT2D eigenvalue weighted by molar-refractivity contribution is 5.78. The molecule has 0 saturated carbocycles. The third-order valence-corrected chi connectivity index (χ3v) is 4.20. The predicted molar refractivity (Wildman–Crippen MR) is 83.8 cm³/mol. The Labute approximate surface area is 127 Å². The van der Waals surface area contributed by atoms with Gasteiger partial charge in [0.05, 0.1) is 12.1 Å². The molecule has 1 aromatic rings. The Hall–Kier alpha value is -1.39. The summed E-state index contributed by atoms with van der Waals surface area (Å²) in [4.78, 5) is 16.2. The highest BCUT2D eigenvalue weighted by atomic mass is 16.3. The monoisotopic (exact) mass is 290 g/mol. The van der Waals surface area contributed by atoms with Crippen LogP contribution in [0.4, 0.5) is 0 Å². The molecule has 0 bridgehead atoms. The highest BCUT2D eigenvalue weighted by Gasteiger charge is 2.26. The smallest absolute Gasteiger partial charge is 0.236 e. The zero-order chi connectivity index (χ0) is 15.3. The molecule has 1 aromatic carbocycles. The van der Waals surface area contributed by atoms with Crippen LogP contribution in [0.25, 0.3) is 0 Å². The van der Waals surface area contributed by atoms with E-state index in [-0.39, 0.29) is 5.91 Å². The molecule has 116 valence electrons. The Morgan fingerprint density at radius 1 is 1.29 bits per heavy atom. The number of hydrogen-bond donors (Lipinski definition) is 1. The summed E-state index contributed by atoms with van der Waals surface area (Å²) in [6.07, 6.45) is 2.50. The van der Waals surface area contributed by atoms with Gasteiger partial charge in [0.2, 0.25) is 5.91 Å². The number of carbonyl (C=O) groups excluding carboxylic acids is 1. The van der Waals surface area contributed by atoms with Crippen molar-refractivity contribution in [1.29, 1.82) is 0 Å². The van der Waals surface area contributed by atoms with Crippen LogP contribution >= 0.6 is 0 Å². The number of likely N-dealkylation sites (N-methyl/N-ethyl adjacent to an activating group) is 1. The first-order chi connectivity index (χ1) is 9.96. The molecule has 0 aliphatic carbocycles. The SMILES string of the molecule is CN(Cc1ccccc1)C(=O)CN1CCCC(C)(O)CC1. The van der Waals surface area contributed by atoms with Crippen LogP contribution in [0.3, 0.4) is 0 Å². The number of benzene rings is 1. The van der Waals surface area contributed by atoms with Gasteiger partial charge >= 0.3 is 0 Å². The molecule has 1 unspecified atom stereocenters. The molecule has 1 aliphatic heterocycles. The maximum Gasteiger partial charge on any atom is 0.236 e. The second-order valence-electron chi connectivity index (χ2n) is 6.36. The summed E-state index contributed by atoms with van der Waals surface area (Å²) in [6, 6.07) is 10.0. The van der Waals surface area contributed by atoms with E-state index in [1.54, 1.807) is 4.90 Å². The standard InChI is InChI=1S/C17H26N2O2/c1-17(21)9-6-11-19(12-10-17)14-16(20)18(2)13-15-7-4-3-5-8-15/h3-5,7-8,21H,6,9-14H2,1-2H3. The average Bonchev–Trinajstić information content (AvgIpc) is 2.61. The molecular weight excluding hydrogens is 264 g/mol. The Kier molecular flexibility index (Phi) is 5.37. The Morgan fingerprint density at radius 3 is 2.71 bits per heavy atom. The lowest BCUT2D eigenvalue weighted by molar-refractivity contribution is -0.131. The number of rotatable bonds is 4. The van der Waals surface area contributed by atoms with Gasteiger partial charge in [0.15, 0.2) is 0 Å². The first-order valence-electron chi connectivity index (χ1n) is 7.69. The van der Waals surface area contributed by atoms with Crippen molar-refractivity contribution in [3.63, 3.8) is 0 Å². The Balaban J connectivity index is 1.83. The molecule has 1 heterocycles. The van der Waals surface area contributed by atoms with Gasteiger partial charge < -0.3 is 10.0 Å². The number of nitrogens with zero attached hydrogens (tertiary/aromatic N) is 2. The van der Waals surface area contributed by atoms with E-state index in [1.807, 2.05) is 44.3 Å². The summed E-state index contributed by atoms with van der Waals surface area (Å²) in [7, 11) is 1.85. The van der Waals surface area contributed by atoms with Gasteiger partial charge in [-0.15, -0.1) is 0 Å². The lowest BCUT2D eigenvalue weighted by Crippen LogP contribution is -2.39. The summed E-state index contributed by atoms with van der Waals surface area (Å²) in [5, 5.41) is 10.1. The van der Waals surface area contributed by atoms with E-state index in [2.05, 4.69) is 4.90 Å². The van der Waals surface area contributed by atoms with Gasteiger partial charge in [-0.1, -0.05) is 30.3 Å². The minimum absolute atomic E-state index is 0.139. The Bertz CT molecular complexity index is 459. The maximum atomic E-state index is 12.3. The van der Waals surface area contributed by atoms with Crippen molar-refractivity contribution < 1.29 is 9.90 Å². The van der Waals surface area contributed by atoms with Gasteiger partial charge in [0, 0.05) is 20.1 Å². The minimum atomic E-state index is -0.576. The van der Waals surface area contributed by atoms with Gasteiger partial charge in [-0.25, -0.2) is 0 Å². The fraction of sp³-hybridized carbons (Fsp3) is 0.588. The van der Waals surface area contributed by atoms with Gasteiger partial charge in [-0.2, -0.15) is 0 Å². The molecule has 1 amide bonds. The van der Waals surface area contributed by atoms with Crippen LogP contribution in [-0.4, -0.2) is 53.1 Å². The molecule has 2 rings (SSSR count). The van der Waals surface area contributed by atoms with Gasteiger partial charge in [0.1, 0.15) is 0 Å². The van der Waals surface area contributed by atoms with Crippen molar-refractivity contribution in [3.05, 3.63) is 35.9 Å². The average molecular weight is 290 g/mol. The van der Waals surface area contributed by atoms with Crippen LogP contribution < -0.4 is 0 Å². The number of likely N-dealkylation sites (tertiary alicyclic amines) is 1. The van der Waals surface area contributed by atoms with E-state index in [4.69, 9.17) is 0 Å². The lowest BCUT2D eigenvalue weighted by atomic mass is 9.98. The van der Waals surface area contributed by atoms with Crippen molar-refractivity contribution in [2.75, 3.05) is 26.7 Å². The minimum Gasteiger partial charge on any atom is -0.390 e. The molecular formula is C17H26N2O2. The zero-order valence-corrected chi connectivity index (χ0v) is 13.1. The molecule has 4 heteroatoms. The van der Waals surface area contributed by atoms with E-state index >= 15 is 0 Å². The number of carbonyl (C=O) groups is 1. The molecule has 1 N–H and O–H groups in total. The van der Waals surface area contributed by atoms with E-state index in [0.29, 0.717) is 13.1 Å². The predicted octanol–water partition coefficient (Wildman–Crippen LogP) is 1.88. The summed E-state index contributed by atoms with van der Waals surface area (Å²) in [6.45, 7) is 4.66. The Morgan fingerprint density at radius 2 is 2.00 bits per heavy atom. The number of aliphatic hydroxyl groups is 1. The second-order valence-corrected chi connectivity index (χ2v) is 6.36. The molecule has 1 saturated heterocycles. The van der Waals surface area contributed by atoms with Crippen molar-refractivity contribution in [2.24, 2.45) is 0 Å². The number of hydrogen-bond acceptors (Lipinski definition) is 3. The van der Waals surface area contributed by atoms with Crippen molar-refractivity contribution >= 4 is 5.91 Å². The summed E-state index contributed by atoms with van der Waals surface area (Å²) in [5.41, 5.74) is 0.570. The van der Waals surface area contributed by atoms with Crippen LogP contribution in [0.1, 0.15) is 31.7 Å². The van der Waals surface area contributed by atoms with Crippen molar-refractivity contribution in [1.82, 2.24) is 9.80 Å². The largest absolute Gasteiger partial charge is 0.390 e. The van der Waals surface area contributed by atoms with Crippen LogP contribution in [-0.2, 0) is 11.3 Å². The van der Waals surface area contributed by atoms with Crippen LogP contribution in [0.15, 0.2) is 30.3 Å². The third kappa shape index (κ3) is 5.14. The van der Waals surface area contributed by atoms with E-state index in [9.17, 15) is 9.90 Å². The molecule has 1 atom stereocenters. The normalized spacial score (nSPS) is 23.6. The topological polar surface area (TPSA) is 43.8 Å². The van der Waals surface area contributed by atoms with Crippen molar-refractivity contribution in [2.45, 2.75) is 38.3 Å². The molecule has 0 aromatic heterocycles. The molecule has 0 spiro atoms. The van der Waals surface area contributed by atoms with Gasteiger partial charge in [0.25, 0.3) is 0 Å². The lowest BCUT2D eigenvalue weighted by Gasteiger charge is -2.24. The van der Waals surface area contributed by atoms with Gasteiger partial charge in [-0.3, -0.25) is 9.69 Å².